The van der Waals surface area contributed by atoms with Crippen molar-refractivity contribution in [1.82, 2.24) is 15.2 Å². The molecule has 110 valence electrons. The quantitative estimate of drug-likeness (QED) is 0.619. The van der Waals surface area contributed by atoms with Gasteiger partial charge in [0.2, 0.25) is 0 Å². The Morgan fingerprint density at radius 1 is 1.37 bits per heavy atom. The minimum absolute atomic E-state index is 0.0801. The van der Waals surface area contributed by atoms with E-state index in [-0.39, 0.29) is 12.5 Å². The van der Waals surface area contributed by atoms with Crippen LogP contribution in [0.5, 0.6) is 0 Å². The number of nitrogens with two attached hydrogens (primary N) is 1. The van der Waals surface area contributed by atoms with Gasteiger partial charge >= 0.3 is 6.18 Å². The summed E-state index contributed by atoms with van der Waals surface area (Å²) in [7, 11) is 1.85. The molecule has 7 heteroatoms. The first-order valence-electron chi connectivity index (χ1n) is 6.26. The van der Waals surface area contributed by atoms with E-state index in [0.29, 0.717) is 12.8 Å². The van der Waals surface area contributed by atoms with E-state index < -0.39 is 12.6 Å². The van der Waals surface area contributed by atoms with Gasteiger partial charge in [-0.2, -0.15) is 18.3 Å². The Hall–Kier alpha value is -1.08. The van der Waals surface area contributed by atoms with Gasteiger partial charge in [-0.15, -0.1) is 0 Å². The van der Waals surface area contributed by atoms with Gasteiger partial charge < -0.3 is 0 Å². The van der Waals surface area contributed by atoms with Crippen molar-refractivity contribution in [2.24, 2.45) is 12.9 Å². The van der Waals surface area contributed by atoms with Gasteiger partial charge in [0, 0.05) is 25.2 Å². The van der Waals surface area contributed by atoms with E-state index >= 15 is 0 Å². The van der Waals surface area contributed by atoms with Gasteiger partial charge in [-0.05, 0) is 38.7 Å². The fourth-order valence-electron chi connectivity index (χ4n) is 2.15. The second-order valence-electron chi connectivity index (χ2n) is 4.85. The summed E-state index contributed by atoms with van der Waals surface area (Å²) in [5, 5.41) is 4.29. The number of nitrogens with one attached hydrogen (secondary N) is 1. The molecule has 1 heterocycles. The molecule has 1 aromatic heterocycles. The van der Waals surface area contributed by atoms with Crippen LogP contribution in [-0.4, -0.2) is 22.0 Å². The predicted molar refractivity (Wildman–Crippen MR) is 67.4 cm³/mol. The van der Waals surface area contributed by atoms with Crippen molar-refractivity contribution >= 4 is 0 Å². The minimum atomic E-state index is -4.10. The molecule has 3 N–H and O–H groups in total. The number of rotatable bonds is 6. The van der Waals surface area contributed by atoms with Crippen molar-refractivity contribution in [3.8, 4) is 0 Å². The second kappa shape index (κ2) is 6.38. The summed E-state index contributed by atoms with van der Waals surface area (Å²) in [5.41, 5.74) is 5.57. The first-order chi connectivity index (χ1) is 8.74. The summed E-state index contributed by atoms with van der Waals surface area (Å²) in [6.07, 6.45) is -3.80. The Morgan fingerprint density at radius 3 is 2.42 bits per heavy atom. The van der Waals surface area contributed by atoms with E-state index in [1.165, 1.54) is 0 Å². The third-order valence-electron chi connectivity index (χ3n) is 3.36. The Morgan fingerprint density at radius 2 is 2.00 bits per heavy atom. The SMILES string of the molecule is Cc1nn(C)c(C)c1CC(CCCC(F)(F)F)NN. The molecule has 0 aliphatic rings. The van der Waals surface area contributed by atoms with E-state index in [2.05, 4.69) is 10.5 Å². The van der Waals surface area contributed by atoms with Gasteiger partial charge in [0.1, 0.15) is 0 Å². The van der Waals surface area contributed by atoms with Crippen LogP contribution in [0.4, 0.5) is 13.2 Å². The number of hydrogen-bond acceptors (Lipinski definition) is 3. The molecule has 0 fully saturated rings. The maximum Gasteiger partial charge on any atom is 0.389 e. The van der Waals surface area contributed by atoms with Gasteiger partial charge in [0.25, 0.3) is 0 Å². The van der Waals surface area contributed by atoms with Gasteiger partial charge in [0.05, 0.1) is 5.69 Å². The summed E-state index contributed by atoms with van der Waals surface area (Å²) >= 11 is 0. The highest BCUT2D eigenvalue weighted by Crippen LogP contribution is 2.23. The number of hydrogen-bond donors (Lipinski definition) is 2. The first-order valence-corrected chi connectivity index (χ1v) is 6.26. The van der Waals surface area contributed by atoms with Crippen LogP contribution in [0.15, 0.2) is 0 Å². The van der Waals surface area contributed by atoms with Crippen molar-refractivity contribution in [3.63, 3.8) is 0 Å². The molecule has 0 amide bonds. The highest BCUT2D eigenvalue weighted by molar-refractivity contribution is 5.25. The topological polar surface area (TPSA) is 55.9 Å². The third kappa shape index (κ3) is 4.83. The van der Waals surface area contributed by atoms with Crippen LogP contribution in [0.25, 0.3) is 0 Å². The van der Waals surface area contributed by atoms with Crippen molar-refractivity contribution in [1.29, 1.82) is 0 Å². The van der Waals surface area contributed by atoms with E-state index in [1.807, 2.05) is 20.9 Å². The number of aromatic nitrogens is 2. The van der Waals surface area contributed by atoms with Gasteiger partial charge in [0.15, 0.2) is 0 Å². The largest absolute Gasteiger partial charge is 0.389 e. The summed E-state index contributed by atoms with van der Waals surface area (Å²) < 4.78 is 38.1. The molecule has 1 unspecified atom stereocenters. The average Bonchev–Trinajstić information content (AvgIpc) is 2.52. The highest BCUT2D eigenvalue weighted by atomic mass is 19.4. The molecule has 19 heavy (non-hydrogen) atoms. The van der Waals surface area contributed by atoms with Crippen LogP contribution in [-0.2, 0) is 13.5 Å². The number of nitrogens with zero attached hydrogens (tertiary/aromatic N) is 2. The molecule has 1 aromatic rings. The van der Waals surface area contributed by atoms with Crippen LogP contribution >= 0.6 is 0 Å². The lowest BCUT2D eigenvalue weighted by molar-refractivity contribution is -0.135. The Kier molecular flexibility index (Phi) is 5.37. The normalized spacial score (nSPS) is 13.8. The predicted octanol–water partition coefficient (Wildman–Crippen LogP) is 2.14. The maximum absolute atomic E-state index is 12.1. The van der Waals surface area contributed by atoms with E-state index in [1.54, 1.807) is 4.68 Å². The number of halogens is 3. The molecule has 0 aliphatic heterocycles. The summed E-state index contributed by atoms with van der Waals surface area (Å²) in [5.74, 6) is 5.42. The second-order valence-corrected chi connectivity index (χ2v) is 4.85. The van der Waals surface area contributed by atoms with Gasteiger partial charge in [-0.1, -0.05) is 0 Å². The Balaban J connectivity index is 2.57. The average molecular weight is 278 g/mol. The van der Waals surface area contributed by atoms with Crippen molar-refractivity contribution in [2.75, 3.05) is 0 Å². The first kappa shape index (κ1) is 16.0. The molecule has 0 saturated carbocycles. The molecular weight excluding hydrogens is 257 g/mol. The van der Waals surface area contributed by atoms with Crippen molar-refractivity contribution in [3.05, 3.63) is 17.0 Å². The molecule has 1 rings (SSSR count). The lowest BCUT2D eigenvalue weighted by Gasteiger charge is -2.16. The summed E-state index contributed by atoms with van der Waals surface area (Å²) in [4.78, 5) is 0. The summed E-state index contributed by atoms with van der Waals surface area (Å²) in [6, 6.07) is -0.163. The van der Waals surface area contributed by atoms with E-state index in [4.69, 9.17) is 5.84 Å². The Bertz CT molecular complexity index is 412. The van der Waals surface area contributed by atoms with Gasteiger partial charge in [-0.3, -0.25) is 16.0 Å². The molecular formula is C12H21F3N4. The fraction of sp³-hybridized carbons (Fsp3) is 0.750. The van der Waals surface area contributed by atoms with E-state index in [9.17, 15) is 13.2 Å². The number of hydrazine groups is 1. The zero-order chi connectivity index (χ0) is 14.6. The monoisotopic (exact) mass is 278 g/mol. The van der Waals surface area contributed by atoms with Gasteiger partial charge in [-0.25, -0.2) is 0 Å². The van der Waals surface area contributed by atoms with Crippen LogP contribution in [0.1, 0.15) is 36.2 Å². The van der Waals surface area contributed by atoms with Crippen molar-refractivity contribution < 1.29 is 13.2 Å². The number of alkyl halides is 3. The van der Waals surface area contributed by atoms with Crippen LogP contribution in [0.2, 0.25) is 0 Å². The van der Waals surface area contributed by atoms with Crippen molar-refractivity contribution in [2.45, 2.75) is 51.7 Å². The minimum Gasteiger partial charge on any atom is -0.272 e. The molecule has 0 aliphatic carbocycles. The molecule has 0 saturated heterocycles. The molecule has 0 aromatic carbocycles. The lowest BCUT2D eigenvalue weighted by Crippen LogP contribution is -2.37. The van der Waals surface area contributed by atoms with Crippen LogP contribution < -0.4 is 11.3 Å². The molecule has 1 atom stereocenters. The standard InChI is InChI=1S/C12H21F3N4/c1-8-11(9(2)19(3)18-8)7-10(17-16)5-4-6-12(13,14)15/h10,17H,4-7,16H2,1-3H3. The maximum atomic E-state index is 12.1. The highest BCUT2D eigenvalue weighted by Gasteiger charge is 2.26. The smallest absolute Gasteiger partial charge is 0.272 e. The molecule has 4 nitrogen and oxygen atoms in total. The molecule has 0 radical (unpaired) electrons. The Labute approximate surface area is 111 Å². The third-order valence-corrected chi connectivity index (χ3v) is 3.36. The zero-order valence-electron chi connectivity index (χ0n) is 11.5. The zero-order valence-corrected chi connectivity index (χ0v) is 11.5. The molecule has 0 spiro atoms. The van der Waals surface area contributed by atoms with Crippen LogP contribution in [0, 0.1) is 13.8 Å². The fourth-order valence-corrected chi connectivity index (χ4v) is 2.15. The summed E-state index contributed by atoms with van der Waals surface area (Å²) in [6.45, 7) is 3.84. The lowest BCUT2D eigenvalue weighted by atomic mass is 10.00. The number of aryl methyl sites for hydroxylation is 2. The van der Waals surface area contributed by atoms with E-state index in [0.717, 1.165) is 17.0 Å². The molecule has 0 bridgehead atoms. The van der Waals surface area contributed by atoms with Crippen LogP contribution in [0.3, 0.4) is 0 Å².